The van der Waals surface area contributed by atoms with E-state index in [1.165, 1.54) is 47.2 Å². The number of carbonyl (C=O) groups is 1. The van der Waals surface area contributed by atoms with E-state index in [-0.39, 0.29) is 0 Å². The van der Waals surface area contributed by atoms with Crippen LogP contribution in [0.25, 0.3) is 10.9 Å². The van der Waals surface area contributed by atoms with Crippen molar-refractivity contribution in [2.24, 2.45) is 5.92 Å². The molecule has 4 heteroatoms. The summed E-state index contributed by atoms with van der Waals surface area (Å²) in [5.74, 6) is 1.70. The minimum absolute atomic E-state index is 0.296. The fourth-order valence-electron chi connectivity index (χ4n) is 5.27. The molecule has 0 aliphatic carbocycles. The van der Waals surface area contributed by atoms with Crippen molar-refractivity contribution < 1.29 is 4.79 Å². The van der Waals surface area contributed by atoms with Crippen molar-refractivity contribution in [2.75, 3.05) is 26.2 Å². The molecule has 4 heterocycles. The molecule has 3 aliphatic rings. The molecule has 2 atom stereocenters. The van der Waals surface area contributed by atoms with E-state index < -0.39 is 0 Å². The van der Waals surface area contributed by atoms with Gasteiger partial charge < -0.3 is 9.47 Å². The van der Waals surface area contributed by atoms with Gasteiger partial charge in [-0.1, -0.05) is 18.6 Å². The first kappa shape index (κ1) is 16.4. The summed E-state index contributed by atoms with van der Waals surface area (Å²) in [6.07, 6.45) is 3.55. The molecular weight excluding hydrogens is 322 g/mol. The van der Waals surface area contributed by atoms with Crippen LogP contribution in [0, 0.1) is 12.8 Å². The molecule has 4 nitrogen and oxygen atoms in total. The second-order valence-corrected chi connectivity index (χ2v) is 8.75. The van der Waals surface area contributed by atoms with Gasteiger partial charge in [0.25, 0.3) is 0 Å². The third-order valence-corrected chi connectivity index (χ3v) is 6.85. The van der Waals surface area contributed by atoms with Gasteiger partial charge >= 0.3 is 0 Å². The number of aromatic nitrogens is 1. The van der Waals surface area contributed by atoms with Crippen LogP contribution in [0.15, 0.2) is 18.2 Å². The van der Waals surface area contributed by atoms with Gasteiger partial charge in [0.2, 0.25) is 5.91 Å². The fraction of sp³-hybridized carbons (Fsp3) is 0.591. The Balaban J connectivity index is 1.53. The number of rotatable bonds is 2. The number of hydrogen-bond donors (Lipinski definition) is 0. The van der Waals surface area contributed by atoms with E-state index in [0.29, 0.717) is 18.4 Å². The number of aryl methyl sites for hydroxylation is 1. The standard InChI is InChI=1S/C22H29N3O/c1-15-5-9-24(10-6-15)21(26)14-25-19-4-3-16(2)11-18(19)22-17-7-8-23(12-17)13-20(22)25/h3-4,11,15,17H,5-10,12-14H2,1-2H3. The normalized spacial score (nSPS) is 25.7. The van der Waals surface area contributed by atoms with Crippen LogP contribution < -0.4 is 0 Å². The fourth-order valence-corrected chi connectivity index (χ4v) is 5.27. The maximum atomic E-state index is 13.0. The molecule has 0 radical (unpaired) electrons. The zero-order valence-corrected chi connectivity index (χ0v) is 16.0. The lowest BCUT2D eigenvalue weighted by atomic mass is 9.93. The van der Waals surface area contributed by atoms with Crippen LogP contribution in [-0.2, 0) is 17.9 Å². The van der Waals surface area contributed by atoms with Crippen molar-refractivity contribution in [3.63, 3.8) is 0 Å². The Morgan fingerprint density at radius 1 is 1.15 bits per heavy atom. The SMILES string of the molecule is Cc1ccc2c(c1)c1c(n2CC(=O)N2CCC(C)CC2)CN2CCC1C2. The lowest BCUT2D eigenvalue weighted by Gasteiger charge is -2.31. The van der Waals surface area contributed by atoms with Crippen LogP contribution in [0.5, 0.6) is 0 Å². The highest BCUT2D eigenvalue weighted by molar-refractivity contribution is 5.89. The number of hydrogen-bond acceptors (Lipinski definition) is 2. The lowest BCUT2D eigenvalue weighted by molar-refractivity contribution is -0.133. The lowest BCUT2D eigenvalue weighted by Crippen LogP contribution is -2.40. The van der Waals surface area contributed by atoms with Crippen LogP contribution in [0.1, 0.15) is 48.9 Å². The van der Waals surface area contributed by atoms with Gasteiger partial charge in [0.05, 0.1) is 0 Å². The molecule has 2 fully saturated rings. The Labute approximate surface area is 155 Å². The molecule has 5 rings (SSSR count). The van der Waals surface area contributed by atoms with Gasteiger partial charge in [-0.15, -0.1) is 0 Å². The highest BCUT2D eigenvalue weighted by atomic mass is 16.2. The predicted molar refractivity (Wildman–Crippen MR) is 104 cm³/mol. The van der Waals surface area contributed by atoms with Crippen molar-refractivity contribution in [1.82, 2.24) is 14.4 Å². The summed E-state index contributed by atoms with van der Waals surface area (Å²) in [6.45, 7) is 10.2. The molecule has 1 aromatic heterocycles. The van der Waals surface area contributed by atoms with Crippen molar-refractivity contribution in [2.45, 2.75) is 52.1 Å². The highest BCUT2D eigenvalue weighted by Gasteiger charge is 2.36. The quantitative estimate of drug-likeness (QED) is 0.828. The first-order valence-electron chi connectivity index (χ1n) is 10.2. The van der Waals surface area contributed by atoms with E-state index in [0.717, 1.165) is 38.4 Å². The molecule has 26 heavy (non-hydrogen) atoms. The summed E-state index contributed by atoms with van der Waals surface area (Å²) in [4.78, 5) is 17.7. The Bertz CT molecular complexity index is 860. The molecular formula is C22H29N3O. The number of carbonyl (C=O) groups excluding carboxylic acids is 1. The van der Waals surface area contributed by atoms with Crippen LogP contribution in [0.3, 0.4) is 0 Å². The molecule has 1 amide bonds. The summed E-state index contributed by atoms with van der Waals surface area (Å²) in [5, 5.41) is 1.40. The summed E-state index contributed by atoms with van der Waals surface area (Å²) < 4.78 is 2.34. The van der Waals surface area contributed by atoms with E-state index in [9.17, 15) is 4.79 Å². The van der Waals surface area contributed by atoms with Crippen LogP contribution in [-0.4, -0.2) is 46.5 Å². The Morgan fingerprint density at radius 3 is 2.77 bits per heavy atom. The molecule has 3 aliphatic heterocycles. The van der Waals surface area contributed by atoms with Gasteiger partial charge in [0.1, 0.15) is 6.54 Å². The number of fused-ring (bicyclic) bond motifs is 6. The van der Waals surface area contributed by atoms with Crippen molar-refractivity contribution in [3.8, 4) is 0 Å². The second kappa shape index (κ2) is 6.12. The smallest absolute Gasteiger partial charge is 0.242 e. The van der Waals surface area contributed by atoms with E-state index in [1.807, 2.05) is 0 Å². The summed E-state index contributed by atoms with van der Waals surface area (Å²) >= 11 is 0. The molecule has 2 unspecified atom stereocenters. The van der Waals surface area contributed by atoms with Gasteiger partial charge in [-0.2, -0.15) is 0 Å². The minimum atomic E-state index is 0.296. The van der Waals surface area contributed by atoms with Gasteiger partial charge in [-0.3, -0.25) is 9.69 Å². The molecule has 2 aromatic rings. The molecule has 2 saturated heterocycles. The summed E-state index contributed by atoms with van der Waals surface area (Å²) in [5.41, 5.74) is 5.51. The third-order valence-electron chi connectivity index (χ3n) is 6.85. The molecule has 0 spiro atoms. The zero-order valence-electron chi connectivity index (χ0n) is 16.0. The molecule has 2 bridgehead atoms. The third kappa shape index (κ3) is 2.58. The monoisotopic (exact) mass is 351 g/mol. The average molecular weight is 351 g/mol. The maximum Gasteiger partial charge on any atom is 0.242 e. The second-order valence-electron chi connectivity index (χ2n) is 8.75. The molecule has 0 N–H and O–H groups in total. The largest absolute Gasteiger partial charge is 0.341 e. The summed E-state index contributed by atoms with van der Waals surface area (Å²) in [6, 6.07) is 6.76. The van der Waals surface area contributed by atoms with Crippen LogP contribution >= 0.6 is 0 Å². The van der Waals surface area contributed by atoms with E-state index >= 15 is 0 Å². The van der Waals surface area contributed by atoms with E-state index in [2.05, 4.69) is 46.4 Å². The van der Waals surface area contributed by atoms with Gasteiger partial charge in [-0.25, -0.2) is 0 Å². The van der Waals surface area contributed by atoms with Gasteiger partial charge in [0.15, 0.2) is 0 Å². The van der Waals surface area contributed by atoms with Gasteiger partial charge in [0, 0.05) is 48.7 Å². The topological polar surface area (TPSA) is 28.5 Å². The number of likely N-dealkylation sites (tertiary alicyclic amines) is 1. The Kier molecular flexibility index (Phi) is 3.85. The minimum Gasteiger partial charge on any atom is -0.341 e. The first-order valence-corrected chi connectivity index (χ1v) is 10.2. The Morgan fingerprint density at radius 2 is 1.96 bits per heavy atom. The van der Waals surface area contributed by atoms with Crippen LogP contribution in [0.4, 0.5) is 0 Å². The van der Waals surface area contributed by atoms with E-state index in [4.69, 9.17) is 0 Å². The highest BCUT2D eigenvalue weighted by Crippen LogP contribution is 2.42. The number of amides is 1. The predicted octanol–water partition coefficient (Wildman–Crippen LogP) is 3.51. The van der Waals surface area contributed by atoms with Gasteiger partial charge in [-0.05, 0) is 56.3 Å². The molecule has 138 valence electrons. The zero-order chi connectivity index (χ0) is 17.8. The summed E-state index contributed by atoms with van der Waals surface area (Å²) in [7, 11) is 0. The number of nitrogens with zero attached hydrogens (tertiary/aromatic N) is 3. The number of piperidine rings is 1. The number of benzene rings is 1. The van der Waals surface area contributed by atoms with Crippen molar-refractivity contribution >= 4 is 16.8 Å². The van der Waals surface area contributed by atoms with E-state index in [1.54, 1.807) is 0 Å². The maximum absolute atomic E-state index is 13.0. The van der Waals surface area contributed by atoms with Crippen molar-refractivity contribution in [3.05, 3.63) is 35.0 Å². The Hall–Kier alpha value is -1.81. The first-order chi connectivity index (χ1) is 12.6. The van der Waals surface area contributed by atoms with Crippen molar-refractivity contribution in [1.29, 1.82) is 0 Å². The molecule has 1 aromatic carbocycles. The average Bonchev–Trinajstić information content (AvgIpc) is 3.15. The van der Waals surface area contributed by atoms with Crippen LogP contribution in [0.2, 0.25) is 0 Å². The molecule has 0 saturated carbocycles.